The van der Waals surface area contributed by atoms with E-state index in [1.54, 1.807) is 6.92 Å². The summed E-state index contributed by atoms with van der Waals surface area (Å²) in [6.07, 6.45) is -4.61. The molecular formula is C18H15Cl2F3N2O2. The van der Waals surface area contributed by atoms with Gasteiger partial charge in [0.05, 0.1) is 26.9 Å². The van der Waals surface area contributed by atoms with Crippen molar-refractivity contribution < 1.29 is 22.8 Å². The van der Waals surface area contributed by atoms with Crippen molar-refractivity contribution in [2.24, 2.45) is 0 Å². The van der Waals surface area contributed by atoms with Crippen molar-refractivity contribution in [1.29, 1.82) is 0 Å². The lowest BCUT2D eigenvalue weighted by atomic mass is 10.1. The lowest BCUT2D eigenvalue weighted by Gasteiger charge is -2.22. The molecule has 0 aliphatic heterocycles. The maximum Gasteiger partial charge on any atom is 0.418 e. The molecule has 9 heteroatoms. The van der Waals surface area contributed by atoms with Crippen LogP contribution in [-0.4, -0.2) is 29.8 Å². The van der Waals surface area contributed by atoms with Crippen LogP contribution in [0, 0.1) is 0 Å². The Balaban J connectivity index is 2.17. The molecule has 0 saturated heterocycles. The zero-order chi connectivity index (χ0) is 20.2. The molecular weight excluding hydrogens is 404 g/mol. The summed E-state index contributed by atoms with van der Waals surface area (Å²) in [7, 11) is 0. The van der Waals surface area contributed by atoms with Gasteiger partial charge in [0.15, 0.2) is 0 Å². The molecule has 27 heavy (non-hydrogen) atoms. The maximum absolute atomic E-state index is 13.0. The Bertz CT molecular complexity index is 857. The summed E-state index contributed by atoms with van der Waals surface area (Å²) in [5.74, 6) is -1.32. The van der Waals surface area contributed by atoms with Gasteiger partial charge in [0.2, 0.25) is 5.91 Å². The minimum atomic E-state index is -4.61. The van der Waals surface area contributed by atoms with E-state index < -0.39 is 30.1 Å². The van der Waals surface area contributed by atoms with E-state index in [-0.39, 0.29) is 27.8 Å². The van der Waals surface area contributed by atoms with Gasteiger partial charge in [-0.15, -0.1) is 0 Å². The quantitative estimate of drug-likeness (QED) is 0.732. The second kappa shape index (κ2) is 8.63. The molecule has 0 radical (unpaired) electrons. The molecule has 0 fully saturated rings. The Labute approximate surface area is 163 Å². The topological polar surface area (TPSA) is 49.4 Å². The van der Waals surface area contributed by atoms with Gasteiger partial charge < -0.3 is 10.2 Å². The van der Waals surface area contributed by atoms with E-state index in [1.165, 1.54) is 30.3 Å². The van der Waals surface area contributed by atoms with Gasteiger partial charge in [-0.05, 0) is 31.2 Å². The molecule has 2 amide bonds. The highest BCUT2D eigenvalue weighted by molar-refractivity contribution is 6.43. The van der Waals surface area contributed by atoms with Crippen LogP contribution >= 0.6 is 23.2 Å². The van der Waals surface area contributed by atoms with Crippen LogP contribution in [0.2, 0.25) is 10.0 Å². The SMILES string of the molecule is CCN(CC(=O)Nc1ccccc1C(F)(F)F)C(=O)c1cccc(Cl)c1Cl. The molecule has 0 spiro atoms. The zero-order valence-corrected chi connectivity index (χ0v) is 15.6. The third-order valence-corrected chi connectivity index (χ3v) is 4.51. The summed E-state index contributed by atoms with van der Waals surface area (Å²) in [6, 6.07) is 9.11. The Morgan fingerprint density at radius 1 is 1.07 bits per heavy atom. The molecule has 0 unspecified atom stereocenters. The Morgan fingerprint density at radius 3 is 2.37 bits per heavy atom. The highest BCUT2D eigenvalue weighted by Gasteiger charge is 2.33. The fraction of sp³-hybridized carbons (Fsp3) is 0.222. The number of rotatable bonds is 5. The number of anilines is 1. The van der Waals surface area contributed by atoms with E-state index in [4.69, 9.17) is 23.2 Å². The van der Waals surface area contributed by atoms with Gasteiger partial charge in [0, 0.05) is 6.54 Å². The predicted molar refractivity (Wildman–Crippen MR) is 98.1 cm³/mol. The van der Waals surface area contributed by atoms with Crippen LogP contribution in [0.3, 0.4) is 0 Å². The smallest absolute Gasteiger partial charge is 0.330 e. The highest BCUT2D eigenvalue weighted by Crippen LogP contribution is 2.34. The van der Waals surface area contributed by atoms with Crippen LogP contribution in [-0.2, 0) is 11.0 Å². The van der Waals surface area contributed by atoms with E-state index in [2.05, 4.69) is 5.32 Å². The largest absolute Gasteiger partial charge is 0.418 e. The van der Waals surface area contributed by atoms with Crippen molar-refractivity contribution in [3.8, 4) is 0 Å². The fourth-order valence-electron chi connectivity index (χ4n) is 2.37. The van der Waals surface area contributed by atoms with Gasteiger partial charge in [0.25, 0.3) is 5.91 Å². The van der Waals surface area contributed by atoms with E-state index in [9.17, 15) is 22.8 Å². The molecule has 0 heterocycles. The Morgan fingerprint density at radius 2 is 1.74 bits per heavy atom. The van der Waals surface area contributed by atoms with E-state index in [1.807, 2.05) is 0 Å². The maximum atomic E-state index is 13.0. The minimum absolute atomic E-state index is 0.0467. The first kappa shape index (κ1) is 21.1. The fourth-order valence-corrected chi connectivity index (χ4v) is 2.75. The van der Waals surface area contributed by atoms with E-state index in [0.29, 0.717) is 0 Å². The third kappa shape index (κ3) is 5.14. The molecule has 0 saturated carbocycles. The van der Waals surface area contributed by atoms with Crippen molar-refractivity contribution in [3.05, 3.63) is 63.6 Å². The van der Waals surface area contributed by atoms with Crippen molar-refractivity contribution in [1.82, 2.24) is 4.90 Å². The second-order valence-electron chi connectivity index (χ2n) is 5.51. The van der Waals surface area contributed by atoms with Gasteiger partial charge in [-0.25, -0.2) is 0 Å². The lowest BCUT2D eigenvalue weighted by molar-refractivity contribution is -0.137. The number of alkyl halides is 3. The Kier molecular flexibility index (Phi) is 6.73. The number of carbonyl (C=O) groups excluding carboxylic acids is 2. The summed E-state index contributed by atoms with van der Waals surface area (Å²) in [5, 5.41) is 2.43. The third-order valence-electron chi connectivity index (χ3n) is 3.69. The first-order chi connectivity index (χ1) is 12.6. The molecule has 0 bridgehead atoms. The van der Waals surface area contributed by atoms with Crippen LogP contribution in [0.25, 0.3) is 0 Å². The number of halogens is 5. The molecule has 4 nitrogen and oxygen atoms in total. The molecule has 0 atom stereocenters. The van der Waals surface area contributed by atoms with Crippen molar-refractivity contribution >= 4 is 40.7 Å². The standard InChI is InChI=1S/C18H15Cl2F3N2O2/c1-2-25(17(27)11-6-5-8-13(19)16(11)20)10-15(26)24-14-9-4-3-7-12(14)18(21,22)23/h3-9H,2,10H2,1H3,(H,24,26). The van der Waals surface area contributed by atoms with Crippen LogP contribution in [0.15, 0.2) is 42.5 Å². The van der Waals surface area contributed by atoms with E-state index in [0.717, 1.165) is 17.0 Å². The van der Waals surface area contributed by atoms with Crippen LogP contribution in [0.1, 0.15) is 22.8 Å². The van der Waals surface area contributed by atoms with Crippen molar-refractivity contribution in [2.45, 2.75) is 13.1 Å². The minimum Gasteiger partial charge on any atom is -0.330 e. The van der Waals surface area contributed by atoms with Crippen molar-refractivity contribution in [2.75, 3.05) is 18.4 Å². The molecule has 0 aliphatic rings. The van der Waals surface area contributed by atoms with Crippen LogP contribution < -0.4 is 5.32 Å². The molecule has 144 valence electrons. The monoisotopic (exact) mass is 418 g/mol. The molecule has 2 aromatic rings. The molecule has 2 aromatic carbocycles. The van der Waals surface area contributed by atoms with Gasteiger partial charge in [-0.1, -0.05) is 41.4 Å². The van der Waals surface area contributed by atoms with Crippen LogP contribution in [0.5, 0.6) is 0 Å². The number of hydrogen-bond acceptors (Lipinski definition) is 2. The number of nitrogens with zero attached hydrogens (tertiary/aromatic N) is 1. The number of carbonyl (C=O) groups is 2. The molecule has 2 rings (SSSR count). The molecule has 1 N–H and O–H groups in total. The predicted octanol–water partition coefficient (Wildman–Crippen LogP) is 5.11. The first-order valence-electron chi connectivity index (χ1n) is 7.84. The summed E-state index contributed by atoms with van der Waals surface area (Å²) in [6.45, 7) is 1.34. The molecule has 0 aliphatic carbocycles. The number of amides is 2. The zero-order valence-electron chi connectivity index (χ0n) is 14.1. The molecule has 0 aromatic heterocycles. The van der Waals surface area contributed by atoms with Gasteiger partial charge >= 0.3 is 6.18 Å². The number of nitrogens with one attached hydrogen (secondary N) is 1. The number of benzene rings is 2. The number of para-hydroxylation sites is 1. The summed E-state index contributed by atoms with van der Waals surface area (Å²) >= 11 is 11.9. The summed E-state index contributed by atoms with van der Waals surface area (Å²) in [5.41, 5.74) is -1.24. The number of likely N-dealkylation sites (N-methyl/N-ethyl adjacent to an activating group) is 1. The van der Waals surface area contributed by atoms with Crippen molar-refractivity contribution in [3.63, 3.8) is 0 Å². The van der Waals surface area contributed by atoms with Gasteiger partial charge in [-0.2, -0.15) is 13.2 Å². The average Bonchev–Trinajstić information content (AvgIpc) is 2.61. The van der Waals surface area contributed by atoms with Crippen LogP contribution in [0.4, 0.5) is 18.9 Å². The highest BCUT2D eigenvalue weighted by atomic mass is 35.5. The van der Waals surface area contributed by atoms with Gasteiger partial charge in [-0.3, -0.25) is 9.59 Å². The van der Waals surface area contributed by atoms with Gasteiger partial charge in [0.1, 0.15) is 6.54 Å². The average molecular weight is 419 g/mol. The lowest BCUT2D eigenvalue weighted by Crippen LogP contribution is -2.38. The van der Waals surface area contributed by atoms with E-state index >= 15 is 0 Å². The second-order valence-corrected chi connectivity index (χ2v) is 6.30. The summed E-state index contributed by atoms with van der Waals surface area (Å²) < 4.78 is 39.0. The first-order valence-corrected chi connectivity index (χ1v) is 8.60. The number of hydrogen-bond donors (Lipinski definition) is 1. The summed E-state index contributed by atoms with van der Waals surface area (Å²) in [4.78, 5) is 26.0. The Hall–Kier alpha value is -2.25. The normalized spacial score (nSPS) is 11.2.